The van der Waals surface area contributed by atoms with Gasteiger partial charge < -0.3 is 9.88 Å². The number of thioether (sulfide) groups is 1. The van der Waals surface area contributed by atoms with E-state index in [4.69, 9.17) is 11.6 Å². The van der Waals surface area contributed by atoms with E-state index in [-0.39, 0.29) is 57.4 Å². The van der Waals surface area contributed by atoms with E-state index >= 15 is 0 Å². The van der Waals surface area contributed by atoms with Crippen molar-refractivity contribution in [1.82, 2.24) is 4.98 Å². The number of imide groups is 1. The molecule has 0 spiro atoms. The summed E-state index contributed by atoms with van der Waals surface area (Å²) in [5, 5.41) is 1.70. The third-order valence-corrected chi connectivity index (χ3v) is 12.0. The number of aromatic amines is 1. The van der Waals surface area contributed by atoms with Crippen molar-refractivity contribution in [3.05, 3.63) is 73.7 Å². The normalized spacial score (nSPS) is 30.9. The van der Waals surface area contributed by atoms with E-state index in [1.807, 2.05) is 0 Å². The number of thiazole rings is 1. The van der Waals surface area contributed by atoms with Gasteiger partial charge in [-0.3, -0.25) is 19.3 Å². The molecule has 6 nitrogen and oxygen atoms in total. The van der Waals surface area contributed by atoms with Crippen LogP contribution in [0, 0.1) is 29.6 Å². The van der Waals surface area contributed by atoms with Gasteiger partial charge in [-0.1, -0.05) is 35.1 Å². The fraction of sp³-hybridized carbons (Fsp3) is 0.414. The topological polar surface area (TPSA) is 73.5 Å². The van der Waals surface area contributed by atoms with Crippen molar-refractivity contribution in [3.63, 3.8) is 0 Å². The number of hydrogen-bond donors (Lipinski definition) is 1. The number of carbonyl (C=O) groups is 2. The van der Waals surface area contributed by atoms with Crippen molar-refractivity contribution in [3.8, 4) is 0 Å². The molecule has 0 unspecified atom stereocenters. The van der Waals surface area contributed by atoms with Crippen LogP contribution in [0.5, 0.6) is 0 Å². The molecule has 7 atom stereocenters. The molecule has 1 saturated heterocycles. The quantitative estimate of drug-likeness (QED) is 0.407. The number of halogens is 1. The molecule has 1 aromatic heterocycles. The molecule has 3 fully saturated rings. The van der Waals surface area contributed by atoms with E-state index in [1.165, 1.54) is 27.5 Å². The zero-order valence-corrected chi connectivity index (χ0v) is 23.5. The number of amides is 2. The van der Waals surface area contributed by atoms with Crippen LogP contribution in [0.1, 0.15) is 36.6 Å². The standard InChI is InChI=1S/C29H28ClN3O3S2/c1-3-32(4-2)16-9-5-14(6-10-16)20-21-18-13-19(24(21)37-26-25(20)38-29(36)31-26)23-22(18)27(34)33(28(23)35)17-11-7-15(30)8-12-17/h5-12,18-24H,3-4,13H2,1-2H3,(H,31,36)/t18-,19-,20+,21+,22+,23+,24-/m1/s1. The predicted molar refractivity (Wildman–Crippen MR) is 152 cm³/mol. The van der Waals surface area contributed by atoms with Crippen LogP contribution in [-0.4, -0.2) is 35.1 Å². The number of H-pyrrole nitrogens is 1. The SMILES string of the molecule is CCN(CC)c1ccc([C@@H]2c3sc(=O)[nH]c3S[C@@H]3[C@@H]4C[C@@H]([C@@H]5C(=O)N(c6ccc(Cl)cc6)C(=O)[C@@H]45)[C@@H]23)cc1. The highest BCUT2D eigenvalue weighted by Crippen LogP contribution is 2.68. The highest BCUT2D eigenvalue weighted by atomic mass is 35.5. The molecule has 2 bridgehead atoms. The van der Waals surface area contributed by atoms with Crippen LogP contribution in [0.15, 0.2) is 58.4 Å². The first-order valence-corrected chi connectivity index (χ1v) is 15.4. The molecular weight excluding hydrogens is 538 g/mol. The van der Waals surface area contributed by atoms with Gasteiger partial charge in [-0.15, -0.1) is 11.8 Å². The zero-order valence-electron chi connectivity index (χ0n) is 21.1. The molecule has 2 amide bonds. The number of rotatable bonds is 5. The van der Waals surface area contributed by atoms with Crippen LogP contribution in [0.25, 0.3) is 0 Å². The van der Waals surface area contributed by atoms with Crippen LogP contribution in [0.4, 0.5) is 11.4 Å². The summed E-state index contributed by atoms with van der Waals surface area (Å²) in [6.07, 6.45) is 0.886. The Balaban J connectivity index is 1.28. The molecule has 2 aromatic carbocycles. The van der Waals surface area contributed by atoms with Crippen LogP contribution in [0.2, 0.25) is 5.02 Å². The van der Waals surface area contributed by atoms with E-state index in [0.717, 1.165) is 29.4 Å². The molecule has 2 saturated carbocycles. The number of nitrogens with zero attached hydrogens (tertiary/aromatic N) is 2. The Morgan fingerprint density at radius 3 is 2.26 bits per heavy atom. The minimum Gasteiger partial charge on any atom is -0.372 e. The molecule has 3 heterocycles. The summed E-state index contributed by atoms with van der Waals surface area (Å²) < 4.78 is 0. The summed E-state index contributed by atoms with van der Waals surface area (Å²) in [5.41, 5.74) is 2.97. The number of hydrogen-bond acceptors (Lipinski definition) is 6. The predicted octanol–water partition coefficient (Wildman–Crippen LogP) is 5.61. The maximum Gasteiger partial charge on any atom is 0.305 e. The molecule has 2 aliphatic heterocycles. The molecule has 196 valence electrons. The Bertz CT molecular complexity index is 1480. The second-order valence-electron chi connectivity index (χ2n) is 10.7. The summed E-state index contributed by atoms with van der Waals surface area (Å²) in [5.74, 6) is -0.313. The summed E-state index contributed by atoms with van der Waals surface area (Å²) >= 11 is 9.09. The van der Waals surface area contributed by atoms with Crippen LogP contribution in [-0.2, 0) is 9.59 Å². The van der Waals surface area contributed by atoms with E-state index in [1.54, 1.807) is 36.0 Å². The van der Waals surface area contributed by atoms with Crippen molar-refractivity contribution >= 4 is 57.9 Å². The second kappa shape index (κ2) is 9.00. The molecule has 7 rings (SSSR count). The Morgan fingerprint density at radius 1 is 0.947 bits per heavy atom. The minimum atomic E-state index is -0.306. The molecule has 3 aromatic rings. The highest BCUT2D eigenvalue weighted by molar-refractivity contribution is 8.00. The van der Waals surface area contributed by atoms with Gasteiger partial charge in [-0.25, -0.2) is 0 Å². The Morgan fingerprint density at radius 2 is 1.61 bits per heavy atom. The van der Waals surface area contributed by atoms with Gasteiger partial charge in [0.05, 0.1) is 22.5 Å². The van der Waals surface area contributed by atoms with Crippen molar-refractivity contribution in [2.75, 3.05) is 22.9 Å². The lowest BCUT2D eigenvalue weighted by Crippen LogP contribution is -2.42. The van der Waals surface area contributed by atoms with Crippen molar-refractivity contribution in [2.45, 2.75) is 36.5 Å². The largest absolute Gasteiger partial charge is 0.372 e. The van der Waals surface area contributed by atoms with Gasteiger partial charge in [0.1, 0.15) is 0 Å². The van der Waals surface area contributed by atoms with E-state index in [2.05, 4.69) is 48.0 Å². The average Bonchev–Trinajstić information content (AvgIpc) is 3.65. The van der Waals surface area contributed by atoms with Gasteiger partial charge >= 0.3 is 4.87 Å². The molecule has 4 aliphatic rings. The van der Waals surface area contributed by atoms with Crippen molar-refractivity contribution < 1.29 is 9.59 Å². The van der Waals surface area contributed by atoms with Crippen LogP contribution in [0.3, 0.4) is 0 Å². The summed E-state index contributed by atoms with van der Waals surface area (Å²) in [6, 6.07) is 15.7. The highest BCUT2D eigenvalue weighted by Gasteiger charge is 2.69. The van der Waals surface area contributed by atoms with Gasteiger partial charge in [0, 0.05) is 39.8 Å². The fourth-order valence-electron chi connectivity index (χ4n) is 7.72. The number of benzene rings is 2. The van der Waals surface area contributed by atoms with Crippen molar-refractivity contribution in [2.24, 2.45) is 29.6 Å². The molecule has 38 heavy (non-hydrogen) atoms. The third kappa shape index (κ3) is 3.42. The van der Waals surface area contributed by atoms with E-state index < -0.39 is 0 Å². The number of nitrogens with one attached hydrogen (secondary N) is 1. The zero-order chi connectivity index (χ0) is 26.3. The number of fused-ring (bicyclic) bond motifs is 9. The Labute approximate surface area is 234 Å². The van der Waals surface area contributed by atoms with Crippen LogP contribution < -0.4 is 14.7 Å². The summed E-state index contributed by atoms with van der Waals surface area (Å²) in [4.78, 5) is 47.9. The maximum atomic E-state index is 13.8. The number of anilines is 2. The lowest BCUT2D eigenvalue weighted by atomic mass is 9.68. The summed E-state index contributed by atoms with van der Waals surface area (Å²) in [6.45, 7) is 6.19. The molecule has 9 heteroatoms. The van der Waals surface area contributed by atoms with Crippen LogP contribution >= 0.6 is 34.7 Å². The maximum absolute atomic E-state index is 13.8. The molecule has 1 N–H and O–H groups in total. The fourth-order valence-corrected chi connectivity index (χ4v) is 10.7. The van der Waals surface area contributed by atoms with Gasteiger partial charge in [-0.2, -0.15) is 0 Å². The first-order chi connectivity index (χ1) is 18.4. The van der Waals surface area contributed by atoms with Crippen molar-refractivity contribution in [1.29, 1.82) is 0 Å². The lowest BCUT2D eigenvalue weighted by Gasteiger charge is -2.43. The number of aromatic nitrogens is 1. The van der Waals surface area contributed by atoms with Gasteiger partial charge in [0.2, 0.25) is 11.8 Å². The smallest absolute Gasteiger partial charge is 0.305 e. The van der Waals surface area contributed by atoms with Gasteiger partial charge in [-0.05, 0) is 80.0 Å². The molecule has 2 aliphatic carbocycles. The Hall–Kier alpha value is -2.55. The van der Waals surface area contributed by atoms with Gasteiger partial charge in [0.25, 0.3) is 0 Å². The summed E-state index contributed by atoms with van der Waals surface area (Å²) in [7, 11) is 0. The third-order valence-electron chi connectivity index (χ3n) is 9.19. The lowest BCUT2D eigenvalue weighted by molar-refractivity contribution is -0.123. The van der Waals surface area contributed by atoms with Gasteiger partial charge in [0.15, 0.2) is 0 Å². The van der Waals surface area contributed by atoms with E-state index in [0.29, 0.717) is 10.7 Å². The molecular formula is C29H28ClN3O3S2. The number of carbonyl (C=O) groups excluding carboxylic acids is 2. The Kier molecular flexibility index (Phi) is 5.80. The first kappa shape index (κ1) is 24.5. The average molecular weight is 566 g/mol. The molecule has 0 radical (unpaired) electrons. The minimum absolute atomic E-state index is 0.0365. The van der Waals surface area contributed by atoms with E-state index in [9.17, 15) is 14.4 Å². The second-order valence-corrected chi connectivity index (χ2v) is 13.4. The monoisotopic (exact) mass is 565 g/mol. The first-order valence-electron chi connectivity index (χ1n) is 13.3.